The Morgan fingerprint density at radius 1 is 1.09 bits per heavy atom. The van der Waals surface area contributed by atoms with Crippen LogP contribution in [0.3, 0.4) is 0 Å². The van der Waals surface area contributed by atoms with Crippen molar-refractivity contribution in [1.29, 1.82) is 0 Å². The second kappa shape index (κ2) is 6.25. The molecule has 0 N–H and O–H groups in total. The number of halogens is 3. The molecule has 0 bridgehead atoms. The van der Waals surface area contributed by atoms with Crippen LogP contribution >= 0.6 is 23.2 Å². The SMILES string of the molecule is Fc1ccc(C=Nn2cncn2)c(-c2ccc(Cl)cc2Cl)c1. The fraction of sp³-hybridized carbons (Fsp3) is 0. The Labute approximate surface area is 135 Å². The lowest BCUT2D eigenvalue weighted by atomic mass is 10.00. The van der Waals surface area contributed by atoms with Crippen molar-refractivity contribution in [2.75, 3.05) is 0 Å². The standard InChI is InChI=1S/C15H9Cl2FN4/c16-11-2-4-13(15(17)5-11)14-6-12(18)3-1-10(14)7-20-22-9-19-8-21-22/h1-9H. The van der Waals surface area contributed by atoms with Gasteiger partial charge in [0.15, 0.2) is 0 Å². The maximum Gasteiger partial charge on any atom is 0.139 e. The molecular weight excluding hydrogens is 326 g/mol. The molecule has 22 heavy (non-hydrogen) atoms. The molecule has 0 radical (unpaired) electrons. The molecule has 7 heteroatoms. The van der Waals surface area contributed by atoms with E-state index in [1.54, 1.807) is 30.5 Å². The van der Waals surface area contributed by atoms with Crippen LogP contribution in [0.1, 0.15) is 5.56 Å². The second-order valence-electron chi connectivity index (χ2n) is 4.42. The maximum atomic E-state index is 13.6. The maximum absolute atomic E-state index is 13.6. The molecule has 1 heterocycles. The number of nitrogens with zero attached hydrogens (tertiary/aromatic N) is 4. The van der Waals surface area contributed by atoms with Crippen molar-refractivity contribution in [3.63, 3.8) is 0 Å². The first-order chi connectivity index (χ1) is 10.6. The Hall–Kier alpha value is -2.24. The molecule has 0 amide bonds. The Bertz CT molecular complexity index is 832. The van der Waals surface area contributed by atoms with E-state index in [-0.39, 0.29) is 5.82 Å². The largest absolute Gasteiger partial charge is 0.221 e. The second-order valence-corrected chi connectivity index (χ2v) is 5.26. The lowest BCUT2D eigenvalue weighted by Gasteiger charge is -2.09. The Morgan fingerprint density at radius 2 is 1.95 bits per heavy atom. The number of aromatic nitrogens is 3. The van der Waals surface area contributed by atoms with E-state index in [4.69, 9.17) is 23.2 Å². The van der Waals surface area contributed by atoms with E-state index in [2.05, 4.69) is 15.2 Å². The Kier molecular flexibility index (Phi) is 4.18. The van der Waals surface area contributed by atoms with Gasteiger partial charge in [0.2, 0.25) is 0 Å². The molecule has 2 aromatic carbocycles. The summed E-state index contributed by atoms with van der Waals surface area (Å²) in [5, 5.41) is 8.95. The van der Waals surface area contributed by atoms with Crippen LogP contribution in [0.25, 0.3) is 11.1 Å². The summed E-state index contributed by atoms with van der Waals surface area (Å²) >= 11 is 12.1. The zero-order chi connectivity index (χ0) is 15.5. The van der Waals surface area contributed by atoms with E-state index >= 15 is 0 Å². The highest BCUT2D eigenvalue weighted by Gasteiger charge is 2.10. The number of rotatable bonds is 3. The minimum absolute atomic E-state index is 0.362. The average molecular weight is 335 g/mol. The van der Waals surface area contributed by atoms with Crippen molar-refractivity contribution >= 4 is 29.4 Å². The van der Waals surface area contributed by atoms with Crippen LogP contribution in [-0.2, 0) is 0 Å². The Morgan fingerprint density at radius 3 is 2.68 bits per heavy atom. The topological polar surface area (TPSA) is 43.1 Å². The van der Waals surface area contributed by atoms with Crippen LogP contribution in [-0.4, -0.2) is 21.1 Å². The van der Waals surface area contributed by atoms with E-state index in [1.165, 1.54) is 29.6 Å². The third-order valence-electron chi connectivity index (χ3n) is 2.96. The molecule has 0 aliphatic rings. The van der Waals surface area contributed by atoms with Crippen LogP contribution in [0.2, 0.25) is 10.0 Å². The summed E-state index contributed by atoms with van der Waals surface area (Å²) in [6.45, 7) is 0. The molecule has 0 fully saturated rings. The predicted molar refractivity (Wildman–Crippen MR) is 84.9 cm³/mol. The van der Waals surface area contributed by atoms with Crippen molar-refractivity contribution in [2.24, 2.45) is 5.10 Å². The zero-order valence-electron chi connectivity index (χ0n) is 11.1. The number of benzene rings is 2. The first-order valence-electron chi connectivity index (χ1n) is 6.27. The summed E-state index contributed by atoms with van der Waals surface area (Å²) in [5.41, 5.74) is 1.98. The van der Waals surface area contributed by atoms with Gasteiger partial charge in [-0.3, -0.25) is 0 Å². The average Bonchev–Trinajstić information content (AvgIpc) is 2.99. The monoisotopic (exact) mass is 334 g/mol. The van der Waals surface area contributed by atoms with Gasteiger partial charge in [0.05, 0.1) is 6.21 Å². The molecule has 0 aliphatic heterocycles. The third-order valence-corrected chi connectivity index (χ3v) is 3.51. The van der Waals surface area contributed by atoms with Crippen LogP contribution in [0.4, 0.5) is 4.39 Å². The quantitative estimate of drug-likeness (QED) is 0.671. The highest BCUT2D eigenvalue weighted by molar-refractivity contribution is 6.36. The first-order valence-corrected chi connectivity index (χ1v) is 7.03. The van der Waals surface area contributed by atoms with E-state index in [9.17, 15) is 4.39 Å². The minimum atomic E-state index is -0.362. The molecule has 3 aromatic rings. The van der Waals surface area contributed by atoms with Gasteiger partial charge in [-0.05, 0) is 35.9 Å². The van der Waals surface area contributed by atoms with E-state index in [0.29, 0.717) is 26.7 Å². The van der Waals surface area contributed by atoms with Gasteiger partial charge >= 0.3 is 0 Å². The summed E-state index contributed by atoms with van der Waals surface area (Å²) in [6.07, 6.45) is 4.39. The summed E-state index contributed by atoms with van der Waals surface area (Å²) in [5.74, 6) is -0.362. The molecule has 0 saturated heterocycles. The van der Waals surface area contributed by atoms with Crippen molar-refractivity contribution in [2.45, 2.75) is 0 Å². The molecule has 1 aromatic heterocycles. The predicted octanol–water partition coefficient (Wildman–Crippen LogP) is 4.27. The van der Waals surface area contributed by atoms with Gasteiger partial charge in [-0.1, -0.05) is 29.3 Å². The van der Waals surface area contributed by atoms with Gasteiger partial charge in [0, 0.05) is 21.2 Å². The molecule has 0 atom stereocenters. The Balaban J connectivity index is 2.08. The smallest absolute Gasteiger partial charge is 0.139 e. The van der Waals surface area contributed by atoms with Crippen LogP contribution in [0.5, 0.6) is 0 Å². The summed E-state index contributed by atoms with van der Waals surface area (Å²) in [4.78, 5) is 5.10. The molecule has 0 aliphatic carbocycles. The third kappa shape index (κ3) is 3.16. The zero-order valence-corrected chi connectivity index (χ0v) is 12.6. The number of hydrogen-bond acceptors (Lipinski definition) is 3. The molecule has 0 unspecified atom stereocenters. The van der Waals surface area contributed by atoms with E-state index in [1.807, 2.05) is 0 Å². The molecule has 0 saturated carbocycles. The van der Waals surface area contributed by atoms with Crippen molar-refractivity contribution in [3.05, 3.63) is 70.5 Å². The summed E-state index contributed by atoms with van der Waals surface area (Å²) in [6, 6.07) is 9.43. The van der Waals surface area contributed by atoms with Crippen LogP contribution in [0.15, 0.2) is 54.2 Å². The van der Waals surface area contributed by atoms with Gasteiger partial charge in [-0.15, -0.1) is 9.89 Å². The fourth-order valence-electron chi connectivity index (χ4n) is 1.97. The van der Waals surface area contributed by atoms with Gasteiger partial charge in [0.25, 0.3) is 0 Å². The normalized spacial score (nSPS) is 11.2. The molecule has 0 spiro atoms. The summed E-state index contributed by atoms with van der Waals surface area (Å²) < 4.78 is 13.6. The molecule has 110 valence electrons. The van der Waals surface area contributed by atoms with Gasteiger partial charge < -0.3 is 0 Å². The minimum Gasteiger partial charge on any atom is -0.221 e. The van der Waals surface area contributed by atoms with Crippen molar-refractivity contribution < 1.29 is 4.39 Å². The van der Waals surface area contributed by atoms with Gasteiger partial charge in [-0.2, -0.15) is 5.10 Å². The highest BCUT2D eigenvalue weighted by Crippen LogP contribution is 2.32. The molecular formula is C15H9Cl2FN4. The molecule has 4 nitrogen and oxygen atoms in total. The lowest BCUT2D eigenvalue weighted by Crippen LogP contribution is -1.94. The van der Waals surface area contributed by atoms with Crippen LogP contribution < -0.4 is 0 Å². The van der Waals surface area contributed by atoms with Crippen molar-refractivity contribution in [1.82, 2.24) is 14.9 Å². The number of hydrogen-bond donors (Lipinski definition) is 0. The first kappa shape index (κ1) is 14.7. The van der Waals surface area contributed by atoms with Gasteiger partial charge in [-0.25, -0.2) is 9.37 Å². The van der Waals surface area contributed by atoms with Crippen molar-refractivity contribution in [3.8, 4) is 11.1 Å². The highest BCUT2D eigenvalue weighted by atomic mass is 35.5. The van der Waals surface area contributed by atoms with Crippen LogP contribution in [0, 0.1) is 5.82 Å². The van der Waals surface area contributed by atoms with E-state index in [0.717, 1.165) is 0 Å². The fourth-order valence-corrected chi connectivity index (χ4v) is 2.48. The summed E-state index contributed by atoms with van der Waals surface area (Å²) in [7, 11) is 0. The molecule has 3 rings (SSSR count). The lowest BCUT2D eigenvalue weighted by molar-refractivity contribution is 0.628. The van der Waals surface area contributed by atoms with Gasteiger partial charge in [0.1, 0.15) is 18.5 Å². The van der Waals surface area contributed by atoms with E-state index < -0.39 is 0 Å².